The van der Waals surface area contributed by atoms with E-state index in [-0.39, 0.29) is 0 Å². The van der Waals surface area contributed by atoms with Crippen molar-refractivity contribution in [1.82, 2.24) is 24.8 Å². The largest absolute Gasteiger partial charge is 0.353 e. The summed E-state index contributed by atoms with van der Waals surface area (Å²) in [5.74, 6) is 2.76. The highest BCUT2D eigenvalue weighted by Gasteiger charge is 2.26. The molecule has 134 valence electrons. The Morgan fingerprint density at radius 1 is 0.885 bits per heavy atom. The van der Waals surface area contributed by atoms with E-state index in [0.717, 1.165) is 60.5 Å². The Balaban J connectivity index is 1.34. The molecule has 0 radical (unpaired) electrons. The smallest absolute Gasteiger partial charge is 0.157 e. The third kappa shape index (κ3) is 2.77. The average molecular weight is 349 g/mol. The molecule has 4 heterocycles. The van der Waals surface area contributed by atoms with Gasteiger partial charge in [-0.05, 0) is 38.8 Å². The van der Waals surface area contributed by atoms with Gasteiger partial charge in [-0.25, -0.2) is 4.98 Å². The van der Waals surface area contributed by atoms with Crippen molar-refractivity contribution in [2.24, 2.45) is 0 Å². The number of hydrogen-bond acceptors (Lipinski definition) is 6. The summed E-state index contributed by atoms with van der Waals surface area (Å²) in [7, 11) is 0. The topological polar surface area (TPSA) is 62.5 Å². The molecule has 2 fully saturated rings. The van der Waals surface area contributed by atoms with Crippen molar-refractivity contribution in [3.63, 3.8) is 0 Å². The van der Waals surface area contributed by atoms with E-state index in [1.807, 2.05) is 24.4 Å². The summed E-state index contributed by atoms with van der Waals surface area (Å²) in [5, 5.41) is 13.5. The molecular formula is C19H23N7. The molecule has 26 heavy (non-hydrogen) atoms. The number of fused-ring (bicyclic) bond motifs is 1. The highest BCUT2D eigenvalue weighted by Crippen LogP contribution is 2.38. The first-order valence-corrected chi connectivity index (χ1v) is 9.35. The summed E-state index contributed by atoms with van der Waals surface area (Å²) in [5.41, 5.74) is 4.09. The van der Waals surface area contributed by atoms with Crippen molar-refractivity contribution < 1.29 is 0 Å². The zero-order valence-corrected chi connectivity index (χ0v) is 15.3. The van der Waals surface area contributed by atoms with Crippen molar-refractivity contribution in [1.29, 1.82) is 0 Å². The lowest BCUT2D eigenvalue weighted by Crippen LogP contribution is -2.47. The molecule has 7 nitrogen and oxygen atoms in total. The molecule has 5 rings (SSSR count). The third-order valence-corrected chi connectivity index (χ3v) is 5.25. The number of aryl methyl sites for hydroxylation is 2. The van der Waals surface area contributed by atoms with E-state index in [1.54, 1.807) is 0 Å². The van der Waals surface area contributed by atoms with E-state index >= 15 is 0 Å². The van der Waals surface area contributed by atoms with Gasteiger partial charge >= 0.3 is 0 Å². The minimum Gasteiger partial charge on any atom is -0.353 e. The fourth-order valence-electron chi connectivity index (χ4n) is 3.69. The predicted molar refractivity (Wildman–Crippen MR) is 101 cm³/mol. The Kier molecular flexibility index (Phi) is 3.55. The third-order valence-electron chi connectivity index (χ3n) is 5.25. The maximum Gasteiger partial charge on any atom is 0.157 e. The molecule has 0 aromatic carbocycles. The van der Waals surface area contributed by atoms with Gasteiger partial charge in [-0.3, -0.25) is 0 Å². The second kappa shape index (κ2) is 5.93. The van der Waals surface area contributed by atoms with Gasteiger partial charge in [-0.15, -0.1) is 5.10 Å². The van der Waals surface area contributed by atoms with Crippen molar-refractivity contribution in [2.45, 2.75) is 32.6 Å². The fourth-order valence-corrected chi connectivity index (χ4v) is 3.69. The van der Waals surface area contributed by atoms with Crippen LogP contribution in [-0.2, 0) is 0 Å². The van der Waals surface area contributed by atoms with Crippen LogP contribution in [0.5, 0.6) is 0 Å². The zero-order valence-electron chi connectivity index (χ0n) is 15.3. The van der Waals surface area contributed by atoms with E-state index < -0.39 is 0 Å². The maximum absolute atomic E-state index is 4.62. The van der Waals surface area contributed by atoms with Gasteiger partial charge in [0.25, 0.3) is 0 Å². The summed E-state index contributed by atoms with van der Waals surface area (Å²) >= 11 is 0. The van der Waals surface area contributed by atoms with Crippen molar-refractivity contribution in [3.05, 3.63) is 41.3 Å². The SMILES string of the molecule is Cc1cc(N2CCN(c3ccc(C4CC4)nn3)CC2)n2nc(C)cc2n1. The second-order valence-electron chi connectivity index (χ2n) is 7.38. The van der Waals surface area contributed by atoms with E-state index in [1.165, 1.54) is 12.8 Å². The molecule has 0 bridgehead atoms. The maximum atomic E-state index is 4.62. The zero-order chi connectivity index (χ0) is 17.7. The van der Waals surface area contributed by atoms with Crippen LogP contribution in [0.4, 0.5) is 11.6 Å². The second-order valence-corrected chi connectivity index (χ2v) is 7.38. The van der Waals surface area contributed by atoms with Gasteiger partial charge in [0.15, 0.2) is 11.5 Å². The molecule has 1 aliphatic carbocycles. The van der Waals surface area contributed by atoms with Gasteiger partial charge in [-0.2, -0.15) is 14.7 Å². The lowest BCUT2D eigenvalue weighted by atomic mass is 10.2. The summed E-state index contributed by atoms with van der Waals surface area (Å²) in [6, 6.07) is 8.43. The minimum absolute atomic E-state index is 0.656. The van der Waals surface area contributed by atoms with Crippen LogP contribution >= 0.6 is 0 Å². The van der Waals surface area contributed by atoms with Crippen LogP contribution < -0.4 is 9.80 Å². The van der Waals surface area contributed by atoms with Gasteiger partial charge < -0.3 is 9.80 Å². The van der Waals surface area contributed by atoms with Crippen LogP contribution in [-0.4, -0.2) is 51.0 Å². The Morgan fingerprint density at radius 2 is 1.65 bits per heavy atom. The lowest BCUT2D eigenvalue weighted by molar-refractivity contribution is 0.628. The molecule has 3 aromatic rings. The first kappa shape index (κ1) is 15.5. The van der Waals surface area contributed by atoms with Crippen LogP contribution in [0.3, 0.4) is 0 Å². The van der Waals surface area contributed by atoms with Gasteiger partial charge in [0.05, 0.1) is 11.4 Å². The Hall–Kier alpha value is -2.70. The number of nitrogens with zero attached hydrogens (tertiary/aromatic N) is 7. The molecule has 0 N–H and O–H groups in total. The van der Waals surface area contributed by atoms with E-state index in [9.17, 15) is 0 Å². The summed E-state index contributed by atoms with van der Waals surface area (Å²) < 4.78 is 1.96. The van der Waals surface area contributed by atoms with Crippen molar-refractivity contribution >= 4 is 17.3 Å². The molecule has 2 aliphatic rings. The summed E-state index contributed by atoms with van der Waals surface area (Å²) in [6.07, 6.45) is 2.53. The summed E-state index contributed by atoms with van der Waals surface area (Å²) in [4.78, 5) is 9.29. The van der Waals surface area contributed by atoms with Crippen LogP contribution in [0, 0.1) is 13.8 Å². The normalized spacial score (nSPS) is 17.9. The number of rotatable bonds is 3. The van der Waals surface area contributed by atoms with Gasteiger partial charge in [0, 0.05) is 49.9 Å². The predicted octanol–water partition coefficient (Wildman–Crippen LogP) is 2.34. The molecule has 0 amide bonds. The Bertz CT molecular complexity index is 934. The fraction of sp³-hybridized carbons (Fsp3) is 0.474. The molecule has 0 spiro atoms. The number of hydrogen-bond donors (Lipinski definition) is 0. The minimum atomic E-state index is 0.656. The summed E-state index contributed by atoms with van der Waals surface area (Å²) in [6.45, 7) is 7.78. The van der Waals surface area contributed by atoms with Gasteiger partial charge in [0.2, 0.25) is 0 Å². The molecule has 1 saturated carbocycles. The Labute approximate surface area is 152 Å². The van der Waals surface area contributed by atoms with Crippen molar-refractivity contribution in [2.75, 3.05) is 36.0 Å². The van der Waals surface area contributed by atoms with Crippen LogP contribution in [0.1, 0.15) is 35.8 Å². The van der Waals surface area contributed by atoms with Crippen LogP contribution in [0.25, 0.3) is 5.65 Å². The monoisotopic (exact) mass is 349 g/mol. The standard InChI is InChI=1S/C19H23N7/c1-13-12-19(26-18(20-13)11-14(2)23-26)25-9-7-24(8-10-25)17-6-5-16(21-22-17)15-3-4-15/h5-6,11-12,15H,3-4,7-10H2,1-2H3. The Morgan fingerprint density at radius 3 is 2.35 bits per heavy atom. The average Bonchev–Trinajstić information content (AvgIpc) is 3.43. The highest BCUT2D eigenvalue weighted by molar-refractivity contribution is 5.53. The van der Waals surface area contributed by atoms with E-state index in [0.29, 0.717) is 5.92 Å². The molecule has 0 unspecified atom stereocenters. The number of anilines is 2. The van der Waals surface area contributed by atoms with E-state index in [2.05, 4.69) is 48.3 Å². The van der Waals surface area contributed by atoms with Crippen molar-refractivity contribution in [3.8, 4) is 0 Å². The first-order chi connectivity index (χ1) is 12.7. The molecular weight excluding hydrogens is 326 g/mol. The van der Waals surface area contributed by atoms with Gasteiger partial charge in [0.1, 0.15) is 5.82 Å². The molecule has 0 atom stereocenters. The highest BCUT2D eigenvalue weighted by atomic mass is 15.4. The molecule has 1 aliphatic heterocycles. The molecule has 7 heteroatoms. The van der Waals surface area contributed by atoms with Gasteiger partial charge in [-0.1, -0.05) is 0 Å². The van der Waals surface area contributed by atoms with Crippen LogP contribution in [0.15, 0.2) is 24.3 Å². The van der Waals surface area contributed by atoms with E-state index in [4.69, 9.17) is 0 Å². The quantitative estimate of drug-likeness (QED) is 0.723. The molecule has 3 aromatic heterocycles. The molecule has 1 saturated heterocycles. The number of aromatic nitrogens is 5. The number of piperazine rings is 1. The lowest BCUT2D eigenvalue weighted by Gasteiger charge is -2.36. The first-order valence-electron chi connectivity index (χ1n) is 9.35. The van der Waals surface area contributed by atoms with Crippen LogP contribution in [0.2, 0.25) is 0 Å².